The number of hydrogen-bond donors (Lipinski definition) is 3. The number of hydrogen-bond acceptors (Lipinski definition) is 9. The van der Waals surface area contributed by atoms with Crippen LogP contribution < -0.4 is 21.3 Å². The number of rotatable bonds is 5. The second-order valence-corrected chi connectivity index (χ2v) is 7.06. The smallest absolute Gasteiger partial charge is 0.248 e. The minimum absolute atomic E-state index is 0.439. The zero-order valence-corrected chi connectivity index (χ0v) is 16.6. The third kappa shape index (κ3) is 3.73. The molecule has 5 rings (SSSR count). The molecule has 1 aliphatic heterocycles. The first-order valence-corrected chi connectivity index (χ1v) is 9.83. The first-order chi connectivity index (χ1) is 15.2. The first-order valence-electron chi connectivity index (χ1n) is 9.83. The molecule has 4 aromatic rings. The zero-order valence-electron chi connectivity index (χ0n) is 16.6. The van der Waals surface area contributed by atoms with Gasteiger partial charge in [0, 0.05) is 37.3 Å². The van der Waals surface area contributed by atoms with E-state index in [0.29, 0.717) is 28.7 Å². The van der Waals surface area contributed by atoms with E-state index in [9.17, 15) is 4.79 Å². The second-order valence-electron chi connectivity index (χ2n) is 7.06. The summed E-state index contributed by atoms with van der Waals surface area (Å²) in [6.07, 6.45) is 6.62. The summed E-state index contributed by atoms with van der Waals surface area (Å²) < 4.78 is 1.69. The zero-order chi connectivity index (χ0) is 21.2. The van der Waals surface area contributed by atoms with Crippen molar-refractivity contribution in [3.05, 3.63) is 54.7 Å². The molecule has 0 radical (unpaired) electrons. The Kier molecular flexibility index (Phi) is 4.84. The highest BCUT2D eigenvalue weighted by atomic mass is 16.1. The van der Waals surface area contributed by atoms with Gasteiger partial charge >= 0.3 is 0 Å². The van der Waals surface area contributed by atoms with Crippen molar-refractivity contribution in [3.63, 3.8) is 0 Å². The van der Waals surface area contributed by atoms with E-state index in [0.717, 1.165) is 37.4 Å². The van der Waals surface area contributed by atoms with Crippen molar-refractivity contribution in [2.24, 2.45) is 5.73 Å². The van der Waals surface area contributed by atoms with Crippen molar-refractivity contribution in [1.82, 2.24) is 34.9 Å². The number of primary amides is 1. The molecule has 0 aliphatic carbocycles. The number of nitrogens with zero attached hydrogens (tertiary/aromatic N) is 7. The number of fused-ring (bicyclic) bond motifs is 1. The van der Waals surface area contributed by atoms with Gasteiger partial charge in [0.2, 0.25) is 11.9 Å². The number of piperazine rings is 1. The van der Waals surface area contributed by atoms with E-state index in [2.05, 4.69) is 40.6 Å². The van der Waals surface area contributed by atoms with E-state index in [4.69, 9.17) is 5.73 Å². The fraction of sp³-hybridized carbons (Fsp3) is 0.200. The van der Waals surface area contributed by atoms with E-state index in [1.807, 2.05) is 0 Å². The Morgan fingerprint density at radius 3 is 2.45 bits per heavy atom. The normalized spacial score (nSPS) is 14.0. The number of amides is 1. The molecule has 156 valence electrons. The molecule has 31 heavy (non-hydrogen) atoms. The minimum atomic E-state index is -0.472. The molecule has 1 amide bonds. The topological polar surface area (TPSA) is 139 Å². The van der Waals surface area contributed by atoms with Gasteiger partial charge in [-0.3, -0.25) is 4.79 Å². The van der Waals surface area contributed by atoms with Crippen LogP contribution in [-0.2, 0) is 0 Å². The van der Waals surface area contributed by atoms with Gasteiger partial charge in [0.1, 0.15) is 6.33 Å². The molecule has 3 aromatic heterocycles. The van der Waals surface area contributed by atoms with Gasteiger partial charge in [0.25, 0.3) is 0 Å². The van der Waals surface area contributed by atoms with Crippen molar-refractivity contribution < 1.29 is 4.79 Å². The molecule has 1 aromatic carbocycles. The number of nitrogens with two attached hydrogens (primary N) is 1. The Labute approximate surface area is 177 Å². The summed E-state index contributed by atoms with van der Waals surface area (Å²) >= 11 is 0. The maximum atomic E-state index is 11.3. The molecule has 1 fully saturated rings. The third-order valence-corrected chi connectivity index (χ3v) is 5.07. The van der Waals surface area contributed by atoms with Crippen LogP contribution in [0.3, 0.4) is 0 Å². The lowest BCUT2D eigenvalue weighted by molar-refractivity contribution is 0.100. The fourth-order valence-corrected chi connectivity index (χ4v) is 3.46. The third-order valence-electron chi connectivity index (χ3n) is 5.07. The highest BCUT2D eigenvalue weighted by Crippen LogP contribution is 2.24. The Balaban J connectivity index is 1.40. The van der Waals surface area contributed by atoms with E-state index in [1.54, 1.807) is 47.4 Å². The predicted molar refractivity (Wildman–Crippen MR) is 115 cm³/mol. The summed E-state index contributed by atoms with van der Waals surface area (Å²) in [5, 5.41) is 10.8. The van der Waals surface area contributed by atoms with Crippen molar-refractivity contribution in [2.45, 2.75) is 0 Å². The molecule has 4 heterocycles. The van der Waals surface area contributed by atoms with Crippen molar-refractivity contribution in [2.75, 3.05) is 36.4 Å². The quantitative estimate of drug-likeness (QED) is 0.432. The van der Waals surface area contributed by atoms with Gasteiger partial charge in [0.05, 0.1) is 30.0 Å². The highest BCUT2D eigenvalue weighted by Gasteiger charge is 2.15. The Bertz CT molecular complexity index is 1210. The van der Waals surface area contributed by atoms with Gasteiger partial charge in [-0.15, -0.1) is 0 Å². The van der Waals surface area contributed by atoms with Crippen LogP contribution in [0.2, 0.25) is 0 Å². The summed E-state index contributed by atoms with van der Waals surface area (Å²) in [4.78, 5) is 31.2. The summed E-state index contributed by atoms with van der Waals surface area (Å²) in [6.45, 7) is 3.62. The van der Waals surface area contributed by atoms with Crippen LogP contribution in [0.4, 0.5) is 17.5 Å². The lowest BCUT2D eigenvalue weighted by Gasteiger charge is -2.27. The minimum Gasteiger partial charge on any atom is -0.366 e. The van der Waals surface area contributed by atoms with Gasteiger partial charge in [-0.25, -0.2) is 24.5 Å². The standard InChI is InChI=1S/C20H20N10O/c21-17(31)14-3-1-13(2-4-14)16-11-23-18(19-26-12-27-30(16)19)28-15-9-24-20(25-10-15)29-7-5-22-6-8-29/h1-4,9-12,22H,5-8H2,(H2,21,31)(H,23,28). The van der Waals surface area contributed by atoms with E-state index in [1.165, 1.54) is 6.33 Å². The summed E-state index contributed by atoms with van der Waals surface area (Å²) in [7, 11) is 0. The maximum absolute atomic E-state index is 11.3. The molecule has 0 saturated carbocycles. The molecular formula is C20H20N10O. The van der Waals surface area contributed by atoms with Gasteiger partial charge in [-0.05, 0) is 12.1 Å². The van der Waals surface area contributed by atoms with Gasteiger partial charge in [-0.2, -0.15) is 5.10 Å². The largest absolute Gasteiger partial charge is 0.366 e. The molecule has 11 nitrogen and oxygen atoms in total. The Morgan fingerprint density at radius 1 is 1.00 bits per heavy atom. The van der Waals surface area contributed by atoms with Gasteiger partial charge in [-0.1, -0.05) is 12.1 Å². The first kappa shape index (κ1) is 18.9. The monoisotopic (exact) mass is 416 g/mol. The van der Waals surface area contributed by atoms with Crippen LogP contribution in [0.25, 0.3) is 16.9 Å². The number of carbonyl (C=O) groups excluding carboxylic acids is 1. The van der Waals surface area contributed by atoms with Crippen LogP contribution >= 0.6 is 0 Å². The SMILES string of the molecule is NC(=O)c1ccc(-c2cnc(Nc3cnc(N4CCNCC4)nc3)c3ncnn23)cc1. The average molecular weight is 416 g/mol. The fourth-order valence-electron chi connectivity index (χ4n) is 3.46. The number of nitrogens with one attached hydrogen (secondary N) is 2. The van der Waals surface area contributed by atoms with E-state index >= 15 is 0 Å². The van der Waals surface area contributed by atoms with E-state index in [-0.39, 0.29) is 0 Å². The predicted octanol–water partition coefficient (Wildman–Crippen LogP) is 0.833. The molecular weight excluding hydrogens is 396 g/mol. The number of carbonyl (C=O) groups is 1. The number of aromatic nitrogens is 6. The van der Waals surface area contributed by atoms with Crippen LogP contribution in [0.15, 0.2) is 49.2 Å². The molecule has 0 spiro atoms. The van der Waals surface area contributed by atoms with Crippen molar-refractivity contribution in [3.8, 4) is 11.3 Å². The average Bonchev–Trinajstić information content (AvgIpc) is 3.31. The second kappa shape index (κ2) is 7.95. The molecule has 11 heteroatoms. The molecule has 4 N–H and O–H groups in total. The lowest BCUT2D eigenvalue weighted by atomic mass is 10.1. The molecule has 1 aliphatic rings. The molecule has 1 saturated heterocycles. The van der Waals surface area contributed by atoms with Crippen LogP contribution in [0.5, 0.6) is 0 Å². The van der Waals surface area contributed by atoms with Crippen LogP contribution in [-0.4, -0.2) is 61.6 Å². The summed E-state index contributed by atoms with van der Waals surface area (Å²) in [5.41, 5.74) is 8.59. The van der Waals surface area contributed by atoms with Crippen molar-refractivity contribution >= 4 is 29.0 Å². The summed E-state index contributed by atoms with van der Waals surface area (Å²) in [6, 6.07) is 6.94. The molecule has 0 atom stereocenters. The Morgan fingerprint density at radius 2 is 1.74 bits per heavy atom. The molecule has 0 bridgehead atoms. The van der Waals surface area contributed by atoms with Gasteiger partial charge in [0.15, 0.2) is 11.5 Å². The summed E-state index contributed by atoms with van der Waals surface area (Å²) in [5.74, 6) is 0.774. The highest BCUT2D eigenvalue weighted by molar-refractivity contribution is 5.93. The molecule has 0 unspecified atom stereocenters. The number of anilines is 3. The number of benzene rings is 1. The Hall–Kier alpha value is -4.12. The van der Waals surface area contributed by atoms with Gasteiger partial charge < -0.3 is 21.3 Å². The maximum Gasteiger partial charge on any atom is 0.248 e. The van der Waals surface area contributed by atoms with Crippen LogP contribution in [0, 0.1) is 0 Å². The van der Waals surface area contributed by atoms with Crippen LogP contribution in [0.1, 0.15) is 10.4 Å². The lowest BCUT2D eigenvalue weighted by Crippen LogP contribution is -2.44. The van der Waals surface area contributed by atoms with Crippen molar-refractivity contribution in [1.29, 1.82) is 0 Å². The van der Waals surface area contributed by atoms with E-state index < -0.39 is 5.91 Å².